The van der Waals surface area contributed by atoms with E-state index in [2.05, 4.69) is 31.9 Å². The molecule has 86 valence electrons. The summed E-state index contributed by atoms with van der Waals surface area (Å²) in [5.41, 5.74) is -0.253. The van der Waals surface area contributed by atoms with Gasteiger partial charge in [0.25, 0.3) is 0 Å². The Hall–Kier alpha value is 0.340. The number of aliphatic hydroxyl groups excluding tert-OH is 1. The van der Waals surface area contributed by atoms with Crippen LogP contribution in [0.15, 0.2) is 13.6 Å². The SMILES string of the molecule is OC(c1cc(Br)sc1Br)C(F)(F)C(F)F. The molecule has 0 spiro atoms. The molecule has 0 saturated carbocycles. The molecule has 1 N–H and O–H groups in total. The Bertz CT molecular complexity index is 355. The van der Waals surface area contributed by atoms with Gasteiger partial charge in [0.2, 0.25) is 0 Å². The molecule has 1 atom stereocenters. The highest BCUT2D eigenvalue weighted by Gasteiger charge is 2.49. The summed E-state index contributed by atoms with van der Waals surface area (Å²) in [6, 6.07) is 1.18. The normalized spacial score (nSPS) is 14.7. The first kappa shape index (κ1) is 13.4. The van der Waals surface area contributed by atoms with Gasteiger partial charge in [-0.2, -0.15) is 8.78 Å². The second kappa shape index (κ2) is 4.68. The molecule has 0 aliphatic carbocycles. The molecule has 0 fully saturated rings. The van der Waals surface area contributed by atoms with Gasteiger partial charge >= 0.3 is 12.3 Å². The number of hydrogen-bond acceptors (Lipinski definition) is 2. The highest BCUT2D eigenvalue weighted by molar-refractivity contribution is 9.12. The van der Waals surface area contributed by atoms with Crippen molar-refractivity contribution in [3.8, 4) is 0 Å². The molecule has 0 radical (unpaired) electrons. The molecule has 8 heteroatoms. The van der Waals surface area contributed by atoms with Gasteiger partial charge < -0.3 is 5.11 Å². The van der Waals surface area contributed by atoms with E-state index in [9.17, 15) is 17.6 Å². The topological polar surface area (TPSA) is 20.2 Å². The molecule has 0 saturated heterocycles. The van der Waals surface area contributed by atoms with E-state index in [1.54, 1.807) is 0 Å². The smallest absolute Gasteiger partial charge is 0.336 e. The van der Waals surface area contributed by atoms with E-state index in [-0.39, 0.29) is 9.35 Å². The lowest BCUT2D eigenvalue weighted by molar-refractivity contribution is -0.193. The van der Waals surface area contributed by atoms with E-state index in [1.165, 1.54) is 6.07 Å². The number of hydrogen-bond donors (Lipinski definition) is 1. The zero-order chi connectivity index (χ0) is 11.8. The van der Waals surface area contributed by atoms with Crippen LogP contribution in [-0.4, -0.2) is 17.5 Å². The van der Waals surface area contributed by atoms with Gasteiger partial charge in [-0.3, -0.25) is 0 Å². The maximum Gasteiger partial charge on any atom is 0.336 e. The van der Waals surface area contributed by atoms with Crippen molar-refractivity contribution in [1.82, 2.24) is 0 Å². The number of alkyl halides is 4. The Labute approximate surface area is 103 Å². The van der Waals surface area contributed by atoms with Crippen LogP contribution < -0.4 is 0 Å². The van der Waals surface area contributed by atoms with E-state index in [0.29, 0.717) is 3.79 Å². The molecular formula is C7H4Br2F4OS. The van der Waals surface area contributed by atoms with Crippen LogP contribution in [-0.2, 0) is 0 Å². The largest absolute Gasteiger partial charge is 0.382 e. The van der Waals surface area contributed by atoms with Gasteiger partial charge in [-0.25, -0.2) is 8.78 Å². The molecule has 1 nitrogen and oxygen atoms in total. The zero-order valence-electron chi connectivity index (χ0n) is 6.86. The molecule has 0 aliphatic rings. The van der Waals surface area contributed by atoms with Crippen molar-refractivity contribution in [3.63, 3.8) is 0 Å². The predicted octanol–water partition coefficient (Wildman–Crippen LogP) is 4.21. The minimum absolute atomic E-state index is 0.196. The summed E-state index contributed by atoms with van der Waals surface area (Å²) in [6.45, 7) is 0. The maximum absolute atomic E-state index is 12.8. The monoisotopic (exact) mass is 370 g/mol. The van der Waals surface area contributed by atoms with Gasteiger partial charge in [-0.05, 0) is 37.9 Å². The summed E-state index contributed by atoms with van der Waals surface area (Å²) in [5.74, 6) is -4.46. The Morgan fingerprint density at radius 1 is 1.33 bits per heavy atom. The average Bonchev–Trinajstić information content (AvgIpc) is 2.43. The lowest BCUT2D eigenvalue weighted by Crippen LogP contribution is -2.34. The standard InChI is InChI=1S/C7H4Br2F4OS/c8-3-1-2(5(9)15-3)4(14)7(12,13)6(10)11/h1,4,6,14H. The highest BCUT2D eigenvalue weighted by atomic mass is 79.9. The van der Waals surface area contributed by atoms with Crippen LogP contribution in [0, 0.1) is 0 Å². The van der Waals surface area contributed by atoms with Crippen LogP contribution in [0.25, 0.3) is 0 Å². The molecule has 1 unspecified atom stereocenters. The summed E-state index contributed by atoms with van der Waals surface area (Å²) < 4.78 is 50.1. The number of halogens is 6. The summed E-state index contributed by atoms with van der Waals surface area (Å²) in [5, 5.41) is 9.14. The van der Waals surface area contributed by atoms with E-state index >= 15 is 0 Å². The molecule has 0 amide bonds. The fourth-order valence-corrected chi connectivity index (χ4v) is 3.75. The van der Waals surface area contributed by atoms with E-state index in [1.807, 2.05) is 0 Å². The van der Waals surface area contributed by atoms with Crippen molar-refractivity contribution in [2.75, 3.05) is 0 Å². The quantitative estimate of drug-likeness (QED) is 0.789. The van der Waals surface area contributed by atoms with Gasteiger partial charge in [0.05, 0.1) is 7.57 Å². The van der Waals surface area contributed by atoms with Gasteiger partial charge in [-0.1, -0.05) is 0 Å². The molecule has 0 bridgehead atoms. The number of rotatable bonds is 3. The highest BCUT2D eigenvalue weighted by Crippen LogP contribution is 2.43. The molecule has 0 aliphatic heterocycles. The Morgan fingerprint density at radius 3 is 2.20 bits per heavy atom. The summed E-state index contributed by atoms with van der Waals surface area (Å²) in [6.07, 6.45) is -6.42. The average molecular weight is 372 g/mol. The molecule has 1 rings (SSSR count). The van der Waals surface area contributed by atoms with Crippen LogP contribution in [0.3, 0.4) is 0 Å². The van der Waals surface area contributed by atoms with Crippen LogP contribution in [0.1, 0.15) is 11.7 Å². The van der Waals surface area contributed by atoms with Gasteiger partial charge in [0.1, 0.15) is 0 Å². The molecular weight excluding hydrogens is 368 g/mol. The first-order chi connectivity index (χ1) is 6.76. The second-order valence-electron chi connectivity index (χ2n) is 2.66. The second-order valence-corrected chi connectivity index (χ2v) is 6.41. The van der Waals surface area contributed by atoms with Gasteiger partial charge in [0, 0.05) is 5.56 Å². The van der Waals surface area contributed by atoms with Crippen molar-refractivity contribution in [1.29, 1.82) is 0 Å². The fourth-order valence-electron chi connectivity index (χ4n) is 0.866. The van der Waals surface area contributed by atoms with E-state index in [4.69, 9.17) is 5.11 Å². The van der Waals surface area contributed by atoms with Crippen molar-refractivity contribution in [3.05, 3.63) is 19.2 Å². The molecule has 1 heterocycles. The van der Waals surface area contributed by atoms with Crippen LogP contribution in [0.4, 0.5) is 17.6 Å². The van der Waals surface area contributed by atoms with Gasteiger partial charge in [-0.15, -0.1) is 11.3 Å². The predicted molar refractivity (Wildman–Crippen MR) is 55.6 cm³/mol. The lowest BCUT2D eigenvalue weighted by atomic mass is 10.1. The third-order valence-electron chi connectivity index (χ3n) is 1.63. The van der Waals surface area contributed by atoms with Gasteiger partial charge in [0.15, 0.2) is 6.10 Å². The first-order valence-electron chi connectivity index (χ1n) is 3.55. The van der Waals surface area contributed by atoms with Crippen molar-refractivity contribution >= 4 is 43.2 Å². The van der Waals surface area contributed by atoms with Crippen LogP contribution in [0.2, 0.25) is 0 Å². The lowest BCUT2D eigenvalue weighted by Gasteiger charge is -2.21. The van der Waals surface area contributed by atoms with E-state index in [0.717, 1.165) is 11.3 Å². The van der Waals surface area contributed by atoms with Crippen molar-refractivity contribution in [2.24, 2.45) is 0 Å². The van der Waals surface area contributed by atoms with Crippen molar-refractivity contribution in [2.45, 2.75) is 18.5 Å². The number of thiophene rings is 1. The minimum atomic E-state index is -4.46. The Kier molecular flexibility index (Phi) is 4.19. The van der Waals surface area contributed by atoms with Crippen molar-refractivity contribution < 1.29 is 22.7 Å². The summed E-state index contributed by atoms with van der Waals surface area (Å²) >= 11 is 6.93. The van der Waals surface area contributed by atoms with Crippen LogP contribution >= 0.6 is 43.2 Å². The Balaban J connectivity index is 3.04. The minimum Gasteiger partial charge on any atom is -0.382 e. The maximum atomic E-state index is 12.8. The summed E-state index contributed by atoms with van der Waals surface area (Å²) in [7, 11) is 0. The number of aliphatic hydroxyl groups is 1. The van der Waals surface area contributed by atoms with E-state index < -0.39 is 18.5 Å². The molecule has 1 aromatic rings. The molecule has 0 aromatic carbocycles. The van der Waals surface area contributed by atoms with Crippen LogP contribution in [0.5, 0.6) is 0 Å². The zero-order valence-corrected chi connectivity index (χ0v) is 10.8. The Morgan fingerprint density at radius 2 is 1.87 bits per heavy atom. The first-order valence-corrected chi connectivity index (χ1v) is 5.95. The summed E-state index contributed by atoms with van der Waals surface area (Å²) in [4.78, 5) is 0. The fraction of sp³-hybridized carbons (Fsp3) is 0.429. The third-order valence-corrected chi connectivity index (χ3v) is 4.02. The molecule has 15 heavy (non-hydrogen) atoms. The third kappa shape index (κ3) is 2.72. The molecule has 1 aromatic heterocycles.